The number of allylic oxidation sites excluding steroid dienone is 3. The summed E-state index contributed by atoms with van der Waals surface area (Å²) in [7, 11) is 0. The Hall–Kier alpha value is -3.28. The predicted octanol–water partition coefficient (Wildman–Crippen LogP) is 3.24. The highest BCUT2D eigenvalue weighted by Crippen LogP contribution is 2.45. The number of alkyl halides is 3. The summed E-state index contributed by atoms with van der Waals surface area (Å²) in [6.07, 6.45) is -0.237. The Balaban J connectivity index is 1.16. The van der Waals surface area contributed by atoms with E-state index in [0.29, 0.717) is 19.4 Å². The van der Waals surface area contributed by atoms with E-state index < -0.39 is 30.4 Å². The third kappa shape index (κ3) is 5.25. The molecular formula is C24H27F4N5O4. The molecule has 13 heteroatoms. The van der Waals surface area contributed by atoms with Gasteiger partial charge in [0, 0.05) is 36.3 Å². The number of amides is 1. The minimum atomic E-state index is -4.59. The highest BCUT2D eigenvalue weighted by atomic mass is 19.4. The van der Waals surface area contributed by atoms with Crippen LogP contribution in [-0.4, -0.2) is 54.1 Å². The molecule has 2 unspecified atom stereocenters. The van der Waals surface area contributed by atoms with E-state index in [9.17, 15) is 27.2 Å². The lowest BCUT2D eigenvalue weighted by atomic mass is 9.69. The van der Waals surface area contributed by atoms with Crippen molar-refractivity contribution in [2.24, 2.45) is 5.41 Å². The summed E-state index contributed by atoms with van der Waals surface area (Å²) in [5.74, 6) is 0.327. The molecule has 1 spiro atoms. The molecular weight excluding hydrogens is 498 g/mol. The number of rotatable bonds is 5. The van der Waals surface area contributed by atoms with E-state index in [4.69, 9.17) is 4.74 Å². The molecule has 1 aromatic carbocycles. The monoisotopic (exact) mass is 525 g/mol. The molecule has 9 nitrogen and oxygen atoms in total. The quantitative estimate of drug-likeness (QED) is 0.399. The standard InChI is InChI=1S/C24H27F4N5O4/c25-17-9-15(5-6-20(17)37-14-24(26,27)28)12-36-22(35)32-8-7-23(10-16(32)11-34)13-29-21(23)33-30-18-3-1-2-4-19(18)31-33/h5-6,9,21,29-31H,1-4,7-8,10,12-14H2. The third-order valence-corrected chi connectivity index (χ3v) is 7.23. The number of ether oxygens (including phenoxy) is 2. The maximum absolute atomic E-state index is 14.1. The smallest absolute Gasteiger partial charge is 0.422 e. The van der Waals surface area contributed by atoms with Gasteiger partial charge in [0.25, 0.3) is 0 Å². The van der Waals surface area contributed by atoms with Gasteiger partial charge in [0.2, 0.25) is 0 Å². The van der Waals surface area contributed by atoms with E-state index in [0.717, 1.165) is 37.8 Å². The fraction of sp³-hybridized carbons (Fsp3) is 0.542. The molecule has 3 N–H and O–H groups in total. The van der Waals surface area contributed by atoms with Gasteiger partial charge in [-0.25, -0.2) is 14.0 Å². The number of piperidine rings is 1. The van der Waals surface area contributed by atoms with Crippen LogP contribution < -0.4 is 20.9 Å². The normalized spacial score (nSPS) is 25.7. The predicted molar refractivity (Wildman–Crippen MR) is 121 cm³/mol. The van der Waals surface area contributed by atoms with Crippen LogP contribution in [0.15, 0.2) is 35.3 Å². The molecule has 4 aliphatic rings. The van der Waals surface area contributed by atoms with Gasteiger partial charge in [0.05, 0.1) is 0 Å². The van der Waals surface area contributed by atoms with Crippen molar-refractivity contribution < 1.29 is 36.6 Å². The van der Waals surface area contributed by atoms with Gasteiger partial charge in [0.15, 0.2) is 18.2 Å². The van der Waals surface area contributed by atoms with Gasteiger partial charge in [-0.2, -0.15) is 13.2 Å². The van der Waals surface area contributed by atoms with Crippen LogP contribution in [0, 0.1) is 11.2 Å². The maximum atomic E-state index is 14.1. The summed E-state index contributed by atoms with van der Waals surface area (Å²) in [6.45, 7) is -1.01. The van der Waals surface area contributed by atoms with E-state index >= 15 is 0 Å². The number of nitrogens with zero attached hydrogens (tertiary/aromatic N) is 2. The Morgan fingerprint density at radius 2 is 1.92 bits per heavy atom. The number of hydrogen-bond donors (Lipinski definition) is 3. The highest BCUT2D eigenvalue weighted by molar-refractivity contribution is 5.74. The van der Waals surface area contributed by atoms with E-state index in [2.05, 4.69) is 20.9 Å². The average molecular weight is 526 g/mol. The van der Waals surface area contributed by atoms with Crippen molar-refractivity contribution in [1.82, 2.24) is 26.2 Å². The number of likely N-dealkylation sites (tertiary alicyclic amines) is 1. The number of hydrazine groups is 2. The molecule has 3 aliphatic heterocycles. The summed E-state index contributed by atoms with van der Waals surface area (Å²) in [4.78, 5) is 25.8. The van der Waals surface area contributed by atoms with Gasteiger partial charge in [0.1, 0.15) is 24.4 Å². The Labute approximate surface area is 210 Å². The number of carbonyl (C=O) groups excluding carboxylic acids is 2. The summed E-state index contributed by atoms with van der Waals surface area (Å²) < 4.78 is 60.6. The minimum Gasteiger partial charge on any atom is -0.481 e. The minimum absolute atomic E-state index is 0.0827. The van der Waals surface area contributed by atoms with Crippen molar-refractivity contribution in [1.29, 1.82) is 0 Å². The zero-order valence-electron chi connectivity index (χ0n) is 19.9. The lowest BCUT2D eigenvalue weighted by molar-refractivity contribution is -0.153. The van der Waals surface area contributed by atoms with Crippen LogP contribution in [0.5, 0.6) is 5.75 Å². The van der Waals surface area contributed by atoms with Gasteiger partial charge in [-0.15, -0.1) is 5.12 Å². The maximum Gasteiger partial charge on any atom is 0.422 e. The van der Waals surface area contributed by atoms with E-state index in [1.54, 1.807) is 0 Å². The van der Waals surface area contributed by atoms with Crippen LogP contribution in [0.3, 0.4) is 0 Å². The Morgan fingerprint density at radius 3 is 2.51 bits per heavy atom. The number of hydrogen-bond acceptors (Lipinski definition) is 8. The Kier molecular flexibility index (Phi) is 6.78. The Morgan fingerprint density at radius 1 is 1.19 bits per heavy atom. The number of halogens is 4. The lowest BCUT2D eigenvalue weighted by Gasteiger charge is -2.56. The first-order valence-electron chi connectivity index (χ1n) is 12.1. The topological polar surface area (TPSA) is 95.2 Å². The largest absolute Gasteiger partial charge is 0.481 e. The van der Waals surface area contributed by atoms with Crippen molar-refractivity contribution >= 4 is 12.0 Å². The summed E-state index contributed by atoms with van der Waals surface area (Å²) in [6, 6.07) is 3.29. The first-order valence-corrected chi connectivity index (χ1v) is 12.1. The number of carbonyl (C=O) groups is 1. The molecule has 1 aliphatic carbocycles. The lowest BCUT2D eigenvalue weighted by Crippen LogP contribution is -2.74. The van der Waals surface area contributed by atoms with E-state index in [-0.39, 0.29) is 36.0 Å². The second-order valence-corrected chi connectivity index (χ2v) is 9.75. The fourth-order valence-corrected chi connectivity index (χ4v) is 5.24. The summed E-state index contributed by atoms with van der Waals surface area (Å²) in [5.41, 5.74) is 9.37. The van der Waals surface area contributed by atoms with Crippen LogP contribution >= 0.6 is 0 Å². The van der Waals surface area contributed by atoms with Crippen LogP contribution in [0.1, 0.15) is 44.1 Å². The molecule has 2 saturated heterocycles. The molecule has 5 rings (SSSR count). The molecule has 0 aromatic heterocycles. The molecule has 0 bridgehead atoms. The van der Waals surface area contributed by atoms with Gasteiger partial charge in [-0.05, 0) is 49.8 Å². The SMILES string of the molecule is O=C=C1CC2(CCN1C(=O)OCc1ccc(OCC(F)(F)F)c(F)c1)CNC2N1NC2=C(CCCC2)N1. The van der Waals surface area contributed by atoms with Crippen molar-refractivity contribution in [2.75, 3.05) is 19.7 Å². The zero-order valence-corrected chi connectivity index (χ0v) is 19.9. The van der Waals surface area contributed by atoms with Crippen molar-refractivity contribution in [3.63, 3.8) is 0 Å². The summed E-state index contributed by atoms with van der Waals surface area (Å²) >= 11 is 0. The fourth-order valence-electron chi connectivity index (χ4n) is 5.24. The van der Waals surface area contributed by atoms with Crippen LogP contribution in [0.25, 0.3) is 0 Å². The molecule has 200 valence electrons. The highest BCUT2D eigenvalue weighted by Gasteiger charge is 2.54. The number of nitrogens with one attached hydrogen (secondary N) is 3. The van der Waals surface area contributed by atoms with Gasteiger partial charge in [-0.3, -0.25) is 10.2 Å². The van der Waals surface area contributed by atoms with Crippen molar-refractivity contribution in [3.05, 3.63) is 46.7 Å². The molecule has 1 aromatic rings. The molecule has 0 saturated carbocycles. The number of benzene rings is 1. The molecule has 37 heavy (non-hydrogen) atoms. The van der Waals surface area contributed by atoms with Crippen molar-refractivity contribution in [3.8, 4) is 5.75 Å². The zero-order chi connectivity index (χ0) is 26.2. The van der Waals surface area contributed by atoms with Crippen molar-refractivity contribution in [2.45, 2.75) is 57.5 Å². The van der Waals surface area contributed by atoms with Gasteiger partial charge < -0.3 is 20.3 Å². The first kappa shape index (κ1) is 25.4. The molecule has 0 radical (unpaired) electrons. The first-order chi connectivity index (χ1) is 17.7. The van der Waals surface area contributed by atoms with Gasteiger partial charge >= 0.3 is 12.3 Å². The molecule has 1 amide bonds. The Bertz CT molecular complexity index is 1130. The van der Waals surface area contributed by atoms with Crippen LogP contribution in [0.4, 0.5) is 22.4 Å². The van der Waals surface area contributed by atoms with E-state index in [1.165, 1.54) is 22.4 Å². The van der Waals surface area contributed by atoms with E-state index in [1.807, 2.05) is 11.1 Å². The molecule has 2 fully saturated rings. The second kappa shape index (κ2) is 9.88. The van der Waals surface area contributed by atoms with Crippen LogP contribution in [-0.2, 0) is 16.1 Å². The second-order valence-electron chi connectivity index (χ2n) is 9.75. The average Bonchev–Trinajstić information content (AvgIpc) is 3.28. The summed E-state index contributed by atoms with van der Waals surface area (Å²) in [5, 5.41) is 5.36. The molecule has 3 heterocycles. The van der Waals surface area contributed by atoms with Gasteiger partial charge in [-0.1, -0.05) is 6.07 Å². The third-order valence-electron chi connectivity index (χ3n) is 7.23. The van der Waals surface area contributed by atoms with Crippen LogP contribution in [0.2, 0.25) is 0 Å². The molecule has 2 atom stereocenters.